The van der Waals surface area contributed by atoms with Crippen molar-refractivity contribution in [3.63, 3.8) is 0 Å². The molecule has 24 heavy (non-hydrogen) atoms. The standard InChI is InChI=1S/C19H16ClNO3/c1-2-23-16-6-4-15(5-7-16)21-19(22)10-8-17-12-13-11-14(20)3-9-18(13)24-17/h3-12H,2H2,1H3,(H,21,22)/b10-8+. The Labute approximate surface area is 144 Å². The topological polar surface area (TPSA) is 51.5 Å². The molecule has 1 aromatic heterocycles. The molecule has 4 nitrogen and oxygen atoms in total. The third-order valence-electron chi connectivity index (χ3n) is 3.33. The lowest BCUT2D eigenvalue weighted by Crippen LogP contribution is -2.07. The van der Waals surface area contributed by atoms with Crippen LogP contribution in [0.1, 0.15) is 12.7 Å². The van der Waals surface area contributed by atoms with Crippen molar-refractivity contribution in [2.45, 2.75) is 6.92 Å². The largest absolute Gasteiger partial charge is 0.494 e. The molecule has 1 N–H and O–H groups in total. The summed E-state index contributed by atoms with van der Waals surface area (Å²) in [6.45, 7) is 2.53. The molecule has 0 saturated carbocycles. The first kappa shape index (κ1) is 16.1. The van der Waals surface area contributed by atoms with Gasteiger partial charge in [-0.3, -0.25) is 4.79 Å². The van der Waals surface area contributed by atoms with Crippen molar-refractivity contribution in [1.82, 2.24) is 0 Å². The number of rotatable bonds is 5. The summed E-state index contributed by atoms with van der Waals surface area (Å²) in [7, 11) is 0. The van der Waals surface area contributed by atoms with Gasteiger partial charge in [-0.1, -0.05) is 11.6 Å². The number of halogens is 1. The van der Waals surface area contributed by atoms with Crippen LogP contribution in [-0.2, 0) is 4.79 Å². The molecule has 0 aliphatic rings. The number of fused-ring (bicyclic) bond motifs is 1. The first-order valence-electron chi connectivity index (χ1n) is 7.55. The van der Waals surface area contributed by atoms with E-state index in [1.54, 1.807) is 30.3 Å². The van der Waals surface area contributed by atoms with Gasteiger partial charge in [0.2, 0.25) is 5.91 Å². The number of carbonyl (C=O) groups excluding carboxylic acids is 1. The van der Waals surface area contributed by atoms with E-state index < -0.39 is 0 Å². The molecule has 0 spiro atoms. The van der Waals surface area contributed by atoms with Gasteiger partial charge in [0.1, 0.15) is 17.1 Å². The Morgan fingerprint density at radius 2 is 2.00 bits per heavy atom. The summed E-state index contributed by atoms with van der Waals surface area (Å²) in [5.41, 5.74) is 1.43. The second-order valence-corrected chi connectivity index (χ2v) is 5.55. The highest BCUT2D eigenvalue weighted by Gasteiger charge is 2.03. The third kappa shape index (κ3) is 3.97. The van der Waals surface area contributed by atoms with Gasteiger partial charge in [-0.25, -0.2) is 0 Å². The number of nitrogens with one attached hydrogen (secondary N) is 1. The molecule has 0 radical (unpaired) electrons. The quantitative estimate of drug-likeness (QED) is 0.654. The summed E-state index contributed by atoms with van der Waals surface area (Å²) >= 11 is 5.94. The van der Waals surface area contributed by atoms with E-state index in [9.17, 15) is 4.79 Å². The maximum Gasteiger partial charge on any atom is 0.248 e. The zero-order valence-electron chi connectivity index (χ0n) is 13.1. The van der Waals surface area contributed by atoms with E-state index >= 15 is 0 Å². The number of carbonyl (C=O) groups is 1. The van der Waals surface area contributed by atoms with Crippen LogP contribution in [0, 0.1) is 0 Å². The van der Waals surface area contributed by atoms with E-state index in [-0.39, 0.29) is 5.91 Å². The van der Waals surface area contributed by atoms with Crippen LogP contribution in [0.2, 0.25) is 5.02 Å². The first-order valence-corrected chi connectivity index (χ1v) is 7.93. The Morgan fingerprint density at radius 3 is 2.75 bits per heavy atom. The minimum Gasteiger partial charge on any atom is -0.494 e. The van der Waals surface area contributed by atoms with Crippen LogP contribution in [0.25, 0.3) is 17.0 Å². The fraction of sp³-hybridized carbons (Fsp3) is 0.105. The van der Waals surface area contributed by atoms with Crippen molar-refractivity contribution in [1.29, 1.82) is 0 Å². The Balaban J connectivity index is 1.65. The van der Waals surface area contributed by atoms with Crippen molar-refractivity contribution < 1.29 is 13.9 Å². The second-order valence-electron chi connectivity index (χ2n) is 5.11. The van der Waals surface area contributed by atoms with Crippen LogP contribution in [0.5, 0.6) is 5.75 Å². The smallest absolute Gasteiger partial charge is 0.248 e. The summed E-state index contributed by atoms with van der Waals surface area (Å²) in [6, 6.07) is 14.4. The van der Waals surface area contributed by atoms with Gasteiger partial charge < -0.3 is 14.5 Å². The van der Waals surface area contributed by atoms with Gasteiger partial charge in [0.05, 0.1) is 6.61 Å². The average Bonchev–Trinajstić information content (AvgIpc) is 2.97. The normalized spacial score (nSPS) is 11.1. The lowest BCUT2D eigenvalue weighted by Gasteiger charge is -2.05. The van der Waals surface area contributed by atoms with Crippen LogP contribution in [0.15, 0.2) is 59.0 Å². The van der Waals surface area contributed by atoms with Crippen molar-refractivity contribution in [2.24, 2.45) is 0 Å². The Bertz CT molecular complexity index is 881. The predicted octanol–water partition coefficient (Wildman–Crippen LogP) is 5.14. The highest BCUT2D eigenvalue weighted by molar-refractivity contribution is 6.31. The van der Waals surface area contributed by atoms with Crippen molar-refractivity contribution in [2.75, 3.05) is 11.9 Å². The molecule has 122 valence electrons. The fourth-order valence-corrected chi connectivity index (χ4v) is 2.44. The van der Waals surface area contributed by atoms with Gasteiger partial charge in [0.15, 0.2) is 0 Å². The molecule has 3 rings (SSSR count). The van der Waals surface area contributed by atoms with E-state index in [4.69, 9.17) is 20.8 Å². The van der Waals surface area contributed by atoms with Gasteiger partial charge >= 0.3 is 0 Å². The van der Waals surface area contributed by atoms with Crippen LogP contribution in [0.3, 0.4) is 0 Å². The summed E-state index contributed by atoms with van der Waals surface area (Å²) in [4.78, 5) is 12.0. The molecule has 5 heteroatoms. The Morgan fingerprint density at radius 1 is 1.21 bits per heavy atom. The molecular formula is C19H16ClNO3. The maximum absolute atomic E-state index is 12.0. The first-order chi connectivity index (χ1) is 11.6. The fourth-order valence-electron chi connectivity index (χ4n) is 2.26. The highest BCUT2D eigenvalue weighted by Crippen LogP contribution is 2.23. The van der Waals surface area contributed by atoms with Gasteiger partial charge in [0, 0.05) is 22.2 Å². The number of furan rings is 1. The van der Waals surface area contributed by atoms with Gasteiger partial charge in [-0.15, -0.1) is 0 Å². The number of benzene rings is 2. The van der Waals surface area contributed by atoms with Crippen LogP contribution in [-0.4, -0.2) is 12.5 Å². The van der Waals surface area contributed by atoms with Crippen LogP contribution in [0.4, 0.5) is 5.69 Å². The van der Waals surface area contributed by atoms with Crippen molar-refractivity contribution in [3.8, 4) is 5.75 Å². The SMILES string of the molecule is CCOc1ccc(NC(=O)/C=C/c2cc3cc(Cl)ccc3o2)cc1. The predicted molar refractivity (Wildman–Crippen MR) is 96.5 cm³/mol. The summed E-state index contributed by atoms with van der Waals surface area (Å²) < 4.78 is 11.0. The molecule has 0 bridgehead atoms. The van der Waals surface area contributed by atoms with Crippen molar-refractivity contribution in [3.05, 3.63) is 65.4 Å². The van der Waals surface area contributed by atoms with Crippen LogP contribution >= 0.6 is 11.6 Å². The minimum atomic E-state index is -0.238. The van der Waals surface area contributed by atoms with E-state index in [1.165, 1.54) is 6.08 Å². The van der Waals surface area contributed by atoms with Crippen LogP contribution < -0.4 is 10.1 Å². The number of hydrogen-bond donors (Lipinski definition) is 1. The van der Waals surface area contributed by atoms with Crippen molar-refractivity contribution >= 4 is 40.2 Å². The molecule has 0 unspecified atom stereocenters. The summed E-state index contributed by atoms with van der Waals surface area (Å²) in [5, 5.41) is 4.32. The Hall–Kier alpha value is -2.72. The Kier molecular flexibility index (Phi) is 4.87. The van der Waals surface area contributed by atoms with E-state index in [2.05, 4.69) is 5.32 Å². The van der Waals surface area contributed by atoms with E-state index in [0.717, 1.165) is 16.7 Å². The maximum atomic E-state index is 12.0. The average molecular weight is 342 g/mol. The van der Waals surface area contributed by atoms with Gasteiger partial charge in [-0.05, 0) is 61.5 Å². The van der Waals surface area contributed by atoms with Gasteiger partial charge in [-0.2, -0.15) is 0 Å². The number of hydrogen-bond acceptors (Lipinski definition) is 3. The minimum absolute atomic E-state index is 0.238. The zero-order chi connectivity index (χ0) is 16.9. The highest BCUT2D eigenvalue weighted by atomic mass is 35.5. The molecule has 0 aliphatic carbocycles. The number of ether oxygens (including phenoxy) is 1. The molecule has 1 amide bonds. The molecule has 0 atom stereocenters. The number of anilines is 1. The molecule has 0 saturated heterocycles. The molecular weight excluding hydrogens is 326 g/mol. The molecule has 1 heterocycles. The van der Waals surface area contributed by atoms with E-state index in [0.29, 0.717) is 23.1 Å². The lowest BCUT2D eigenvalue weighted by atomic mass is 10.2. The molecule has 3 aromatic rings. The molecule has 2 aromatic carbocycles. The lowest BCUT2D eigenvalue weighted by molar-refractivity contribution is -0.111. The van der Waals surface area contributed by atoms with E-state index in [1.807, 2.05) is 31.2 Å². The summed E-state index contributed by atoms with van der Waals surface area (Å²) in [5.74, 6) is 1.12. The monoisotopic (exact) mass is 341 g/mol. The third-order valence-corrected chi connectivity index (χ3v) is 3.56. The number of amides is 1. The van der Waals surface area contributed by atoms with Gasteiger partial charge in [0.25, 0.3) is 0 Å². The zero-order valence-corrected chi connectivity index (χ0v) is 13.8. The second kappa shape index (κ2) is 7.23. The summed E-state index contributed by atoms with van der Waals surface area (Å²) in [6.07, 6.45) is 3.05. The molecule has 0 aliphatic heterocycles. The molecule has 0 fully saturated rings.